The fraction of sp³-hybridized carbons (Fsp3) is 0.190. The van der Waals surface area contributed by atoms with Crippen LogP contribution in [-0.4, -0.2) is 25.0 Å². The van der Waals surface area contributed by atoms with Crippen molar-refractivity contribution < 1.29 is 18.3 Å². The fourth-order valence-electron chi connectivity index (χ4n) is 3.81. The van der Waals surface area contributed by atoms with Gasteiger partial charge in [-0.15, -0.1) is 11.3 Å². The molecular weight excluding hydrogens is 430 g/mol. The monoisotopic (exact) mass is 447 g/mol. The van der Waals surface area contributed by atoms with Crippen LogP contribution in [0.3, 0.4) is 0 Å². The minimum absolute atomic E-state index is 0.0778. The van der Waals surface area contributed by atoms with Crippen molar-refractivity contribution in [2.75, 3.05) is 0 Å². The summed E-state index contributed by atoms with van der Waals surface area (Å²) in [5, 5.41) is 10.5. The molecule has 4 rings (SSSR count). The molecule has 0 bridgehead atoms. The third kappa shape index (κ3) is 3.48. The molecule has 2 aromatic carbocycles. The van der Waals surface area contributed by atoms with Crippen LogP contribution in [0.25, 0.3) is 10.4 Å². The van der Waals surface area contributed by atoms with Crippen molar-refractivity contribution in [2.45, 2.75) is 22.6 Å². The summed E-state index contributed by atoms with van der Waals surface area (Å²) < 4.78 is 28.6. The van der Waals surface area contributed by atoms with Gasteiger partial charge < -0.3 is 5.11 Å². The number of carbonyl (C=O) groups is 1. The van der Waals surface area contributed by atoms with Crippen molar-refractivity contribution in [3.63, 3.8) is 0 Å². The molecule has 3 unspecified atom stereocenters. The Balaban J connectivity index is 1.64. The molecule has 1 aliphatic carbocycles. The van der Waals surface area contributed by atoms with Crippen molar-refractivity contribution in [2.24, 2.45) is 5.92 Å². The third-order valence-corrected chi connectivity index (χ3v) is 8.75. The van der Waals surface area contributed by atoms with Crippen LogP contribution in [-0.2, 0) is 14.8 Å². The number of hydrogen-bond donors (Lipinski definition) is 2. The van der Waals surface area contributed by atoms with Crippen molar-refractivity contribution >= 4 is 38.9 Å². The average molecular weight is 448 g/mol. The predicted molar refractivity (Wildman–Crippen MR) is 114 cm³/mol. The molecule has 5 nitrogen and oxygen atoms in total. The highest BCUT2D eigenvalue weighted by molar-refractivity contribution is 7.91. The molecule has 1 saturated carbocycles. The molecule has 1 heterocycles. The molecule has 1 fully saturated rings. The lowest BCUT2D eigenvalue weighted by Crippen LogP contribution is -2.45. The molecule has 3 aromatic rings. The number of aliphatic carboxylic acids is 1. The number of sulfonamides is 1. The molecule has 0 amide bonds. The summed E-state index contributed by atoms with van der Waals surface area (Å²) in [6, 6.07) is 19.4. The molecule has 0 radical (unpaired) electrons. The van der Waals surface area contributed by atoms with E-state index in [0.717, 1.165) is 27.3 Å². The number of thiophene rings is 1. The van der Waals surface area contributed by atoms with E-state index in [1.54, 1.807) is 25.1 Å². The molecule has 0 aliphatic heterocycles. The molecule has 29 heavy (non-hydrogen) atoms. The summed E-state index contributed by atoms with van der Waals surface area (Å²) in [5.41, 5.74) is 0.0961. The summed E-state index contributed by atoms with van der Waals surface area (Å²) in [6.45, 7) is 1.75. The van der Waals surface area contributed by atoms with Gasteiger partial charge in [-0.1, -0.05) is 61.0 Å². The van der Waals surface area contributed by atoms with Gasteiger partial charge in [-0.25, -0.2) is 8.42 Å². The van der Waals surface area contributed by atoms with E-state index in [9.17, 15) is 18.3 Å². The number of hydrogen-bond acceptors (Lipinski definition) is 4. The Kier molecular flexibility index (Phi) is 5.02. The van der Waals surface area contributed by atoms with Crippen molar-refractivity contribution in [1.29, 1.82) is 0 Å². The number of benzene rings is 2. The summed E-state index contributed by atoms with van der Waals surface area (Å²) in [4.78, 5) is 12.9. The summed E-state index contributed by atoms with van der Waals surface area (Å²) in [7, 11) is -4.01. The van der Waals surface area contributed by atoms with Gasteiger partial charge in [0.2, 0.25) is 0 Å². The molecule has 0 saturated heterocycles. The number of carboxylic acids is 1. The molecule has 3 atom stereocenters. The number of halogens is 1. The Hall–Kier alpha value is -2.19. The summed E-state index contributed by atoms with van der Waals surface area (Å²) in [6.07, 6.45) is 0. The maximum Gasteiger partial charge on any atom is 0.325 e. The summed E-state index contributed by atoms with van der Waals surface area (Å²) >= 11 is 7.00. The zero-order valence-electron chi connectivity index (χ0n) is 15.4. The Morgan fingerprint density at radius 2 is 1.72 bits per heavy atom. The van der Waals surface area contributed by atoms with Crippen LogP contribution in [0.4, 0.5) is 0 Å². The molecule has 1 aliphatic rings. The van der Waals surface area contributed by atoms with E-state index in [0.29, 0.717) is 5.02 Å². The maximum atomic E-state index is 13.0. The van der Waals surface area contributed by atoms with Gasteiger partial charge in [0.1, 0.15) is 9.75 Å². The Bertz CT molecular complexity index is 1160. The van der Waals surface area contributed by atoms with Crippen LogP contribution < -0.4 is 4.72 Å². The van der Waals surface area contributed by atoms with Crippen LogP contribution in [0, 0.1) is 5.92 Å². The lowest BCUT2D eigenvalue weighted by molar-refractivity contribution is -0.140. The van der Waals surface area contributed by atoms with E-state index >= 15 is 0 Å². The number of rotatable bonds is 6. The van der Waals surface area contributed by atoms with E-state index in [1.165, 1.54) is 6.07 Å². The lowest BCUT2D eigenvalue weighted by atomic mass is 10.1. The normalized spacial score (nSPS) is 23.7. The predicted octanol–water partition coefficient (Wildman–Crippen LogP) is 4.60. The zero-order valence-corrected chi connectivity index (χ0v) is 17.8. The van der Waals surface area contributed by atoms with E-state index in [4.69, 9.17) is 11.6 Å². The first-order chi connectivity index (χ1) is 13.8. The highest BCUT2D eigenvalue weighted by atomic mass is 35.5. The third-order valence-electron chi connectivity index (χ3n) is 5.39. The highest BCUT2D eigenvalue weighted by Gasteiger charge is 2.70. The largest absolute Gasteiger partial charge is 0.480 e. The fourth-order valence-corrected chi connectivity index (χ4v) is 6.70. The SMILES string of the molecule is CC1C(c2ccccc2)C1(NS(=O)(=O)c1ccc(-c2ccc(Cl)cc2)s1)C(=O)O. The topological polar surface area (TPSA) is 83.5 Å². The standard InChI is InChI=1S/C21H18ClNO4S2/c1-13-19(15-5-3-2-4-6-15)21(13,20(24)25)23-29(26,27)18-12-11-17(28-18)14-7-9-16(22)10-8-14/h2-13,19,23H,1H3,(H,24,25). The van der Waals surface area contributed by atoms with E-state index in [-0.39, 0.29) is 10.1 Å². The molecule has 0 spiro atoms. The van der Waals surface area contributed by atoms with Gasteiger partial charge in [0.25, 0.3) is 10.0 Å². The average Bonchev–Trinajstić information content (AvgIpc) is 3.05. The van der Waals surface area contributed by atoms with Gasteiger partial charge in [-0.05, 0) is 41.3 Å². The molecule has 150 valence electrons. The molecule has 1 aromatic heterocycles. The summed E-state index contributed by atoms with van der Waals surface area (Å²) in [5.74, 6) is -1.96. The Morgan fingerprint density at radius 3 is 2.34 bits per heavy atom. The van der Waals surface area contributed by atoms with Gasteiger partial charge >= 0.3 is 5.97 Å². The lowest BCUT2D eigenvalue weighted by Gasteiger charge is -2.15. The second-order valence-electron chi connectivity index (χ2n) is 7.08. The van der Waals surface area contributed by atoms with Crippen molar-refractivity contribution in [3.8, 4) is 10.4 Å². The highest BCUT2D eigenvalue weighted by Crippen LogP contribution is 2.58. The van der Waals surface area contributed by atoms with Gasteiger partial charge in [-0.2, -0.15) is 4.72 Å². The first-order valence-electron chi connectivity index (χ1n) is 8.94. The molecule has 8 heteroatoms. The molecule has 2 N–H and O–H groups in total. The van der Waals surface area contributed by atoms with E-state index in [1.807, 2.05) is 42.5 Å². The quantitative estimate of drug-likeness (QED) is 0.578. The van der Waals surface area contributed by atoms with Gasteiger partial charge in [-0.3, -0.25) is 4.79 Å². The zero-order chi connectivity index (χ0) is 20.8. The second-order valence-corrected chi connectivity index (χ2v) is 10.5. The number of carboxylic acid groups (broad SMARTS) is 1. The van der Waals surface area contributed by atoms with Crippen LogP contribution in [0.2, 0.25) is 5.02 Å². The number of nitrogens with one attached hydrogen (secondary N) is 1. The maximum absolute atomic E-state index is 13.0. The van der Waals surface area contributed by atoms with E-state index < -0.39 is 27.4 Å². The molecular formula is C21H18ClNO4S2. The van der Waals surface area contributed by atoms with Crippen molar-refractivity contribution in [3.05, 3.63) is 77.3 Å². The Labute approximate surface area is 178 Å². The second kappa shape index (κ2) is 7.25. The van der Waals surface area contributed by atoms with Crippen molar-refractivity contribution in [1.82, 2.24) is 4.72 Å². The first kappa shape index (κ1) is 20.1. The Morgan fingerprint density at radius 1 is 1.07 bits per heavy atom. The van der Waals surface area contributed by atoms with E-state index in [2.05, 4.69) is 4.72 Å². The van der Waals surface area contributed by atoms with Gasteiger partial charge in [0.05, 0.1) is 0 Å². The van der Waals surface area contributed by atoms with Crippen LogP contribution >= 0.6 is 22.9 Å². The van der Waals surface area contributed by atoms with Crippen LogP contribution in [0.15, 0.2) is 70.9 Å². The minimum Gasteiger partial charge on any atom is -0.480 e. The van der Waals surface area contributed by atoms with Gasteiger partial charge in [0.15, 0.2) is 0 Å². The van der Waals surface area contributed by atoms with Gasteiger partial charge in [0, 0.05) is 15.8 Å². The first-order valence-corrected chi connectivity index (χ1v) is 11.6. The van der Waals surface area contributed by atoms with Crippen LogP contribution in [0.1, 0.15) is 18.4 Å². The smallest absolute Gasteiger partial charge is 0.325 e. The minimum atomic E-state index is -4.01. The van der Waals surface area contributed by atoms with Crippen LogP contribution in [0.5, 0.6) is 0 Å².